The van der Waals surface area contributed by atoms with E-state index in [4.69, 9.17) is 0 Å². The van der Waals surface area contributed by atoms with Gasteiger partial charge in [-0.15, -0.1) is 11.3 Å². The molecule has 118 valence electrons. The Morgan fingerprint density at radius 1 is 1.30 bits per heavy atom. The van der Waals surface area contributed by atoms with Crippen LogP contribution in [0.4, 0.5) is 0 Å². The van der Waals surface area contributed by atoms with Gasteiger partial charge in [-0.3, -0.25) is 9.59 Å². The topological polar surface area (TPSA) is 68.1 Å². The number of carbonyl (C=O) groups excluding carboxylic acids is 1. The second kappa shape index (κ2) is 5.92. The molecule has 0 bridgehead atoms. The molecule has 0 fully saturated rings. The zero-order chi connectivity index (χ0) is 16.6. The molecule has 0 N–H and O–H groups in total. The lowest BCUT2D eigenvalue weighted by Crippen LogP contribution is -2.31. The zero-order valence-corrected chi connectivity index (χ0v) is 13.9. The van der Waals surface area contributed by atoms with E-state index in [-0.39, 0.29) is 17.2 Å². The number of amides is 1. The number of rotatable bonds is 3. The fourth-order valence-corrected chi connectivity index (χ4v) is 3.04. The Hall–Kier alpha value is -2.54. The Labute approximate surface area is 137 Å². The van der Waals surface area contributed by atoms with Gasteiger partial charge in [0, 0.05) is 24.9 Å². The lowest BCUT2D eigenvalue weighted by molar-refractivity contribution is 0.0777. The van der Waals surface area contributed by atoms with Crippen LogP contribution < -0.4 is 5.56 Å². The molecule has 2 aromatic heterocycles. The van der Waals surface area contributed by atoms with Crippen molar-refractivity contribution in [2.75, 3.05) is 7.05 Å². The standard InChI is InChI=1S/C16H16N4O2S/c1-10-17-11(9-23-10)8-19(2)16(22)14-12-6-4-5-7-13(12)15(21)20(3)18-14/h4-7,9H,8H2,1-3H3. The summed E-state index contributed by atoms with van der Waals surface area (Å²) in [6.07, 6.45) is 0. The smallest absolute Gasteiger partial charge is 0.275 e. The maximum atomic E-state index is 12.8. The van der Waals surface area contributed by atoms with Crippen LogP contribution in [0.25, 0.3) is 10.8 Å². The number of aromatic nitrogens is 3. The molecule has 0 spiro atoms. The van der Waals surface area contributed by atoms with Crippen LogP contribution in [-0.2, 0) is 13.6 Å². The van der Waals surface area contributed by atoms with Crippen molar-refractivity contribution in [1.29, 1.82) is 0 Å². The number of carbonyl (C=O) groups is 1. The Morgan fingerprint density at radius 3 is 2.65 bits per heavy atom. The average Bonchev–Trinajstić information content (AvgIpc) is 2.95. The molecule has 3 rings (SSSR count). The van der Waals surface area contributed by atoms with Gasteiger partial charge >= 0.3 is 0 Å². The highest BCUT2D eigenvalue weighted by atomic mass is 32.1. The Kier molecular flexibility index (Phi) is 3.96. The number of fused-ring (bicyclic) bond motifs is 1. The summed E-state index contributed by atoms with van der Waals surface area (Å²) in [4.78, 5) is 30.8. The molecule has 0 unspecified atom stereocenters. The van der Waals surface area contributed by atoms with Crippen LogP contribution >= 0.6 is 11.3 Å². The molecule has 3 aromatic rings. The van der Waals surface area contributed by atoms with Crippen molar-refractivity contribution in [3.05, 3.63) is 56.4 Å². The van der Waals surface area contributed by atoms with Crippen molar-refractivity contribution in [2.45, 2.75) is 13.5 Å². The molecular formula is C16H16N4O2S. The van der Waals surface area contributed by atoms with Crippen LogP contribution in [0.2, 0.25) is 0 Å². The molecule has 6 nitrogen and oxygen atoms in total. The molecule has 0 saturated heterocycles. The minimum Gasteiger partial charge on any atom is -0.334 e. The van der Waals surface area contributed by atoms with E-state index in [9.17, 15) is 9.59 Å². The molecule has 2 heterocycles. The summed E-state index contributed by atoms with van der Waals surface area (Å²) < 4.78 is 1.20. The van der Waals surface area contributed by atoms with Crippen molar-refractivity contribution in [2.24, 2.45) is 7.05 Å². The second-order valence-corrected chi connectivity index (χ2v) is 6.40. The van der Waals surface area contributed by atoms with Crippen LogP contribution in [0, 0.1) is 6.92 Å². The zero-order valence-electron chi connectivity index (χ0n) is 13.1. The fraction of sp³-hybridized carbons (Fsp3) is 0.250. The normalized spacial score (nSPS) is 10.9. The summed E-state index contributed by atoms with van der Waals surface area (Å²) in [6, 6.07) is 7.03. The van der Waals surface area contributed by atoms with Crippen molar-refractivity contribution in [1.82, 2.24) is 19.7 Å². The highest BCUT2D eigenvalue weighted by Gasteiger charge is 2.19. The Morgan fingerprint density at radius 2 is 2.00 bits per heavy atom. The van der Waals surface area contributed by atoms with E-state index in [1.54, 1.807) is 54.6 Å². The van der Waals surface area contributed by atoms with Crippen molar-refractivity contribution < 1.29 is 4.79 Å². The first-order valence-corrected chi connectivity index (χ1v) is 7.98. The lowest BCUT2D eigenvalue weighted by atomic mass is 10.1. The van der Waals surface area contributed by atoms with E-state index in [0.29, 0.717) is 17.3 Å². The summed E-state index contributed by atoms with van der Waals surface area (Å²) in [5.41, 5.74) is 0.907. The van der Waals surface area contributed by atoms with Gasteiger partial charge in [-0.2, -0.15) is 5.10 Å². The first-order valence-electron chi connectivity index (χ1n) is 7.10. The number of nitrogens with zero attached hydrogens (tertiary/aromatic N) is 4. The van der Waals surface area contributed by atoms with Crippen LogP contribution in [-0.4, -0.2) is 32.6 Å². The lowest BCUT2D eigenvalue weighted by Gasteiger charge is -2.16. The molecule has 7 heteroatoms. The number of aryl methyl sites for hydroxylation is 2. The highest BCUT2D eigenvalue weighted by Crippen LogP contribution is 2.16. The van der Waals surface area contributed by atoms with E-state index in [2.05, 4.69) is 10.1 Å². The van der Waals surface area contributed by atoms with E-state index in [0.717, 1.165) is 10.7 Å². The van der Waals surface area contributed by atoms with Crippen LogP contribution in [0.15, 0.2) is 34.4 Å². The molecule has 0 aliphatic rings. The van der Waals surface area contributed by atoms with Gasteiger partial charge in [-0.25, -0.2) is 9.67 Å². The molecule has 0 aliphatic heterocycles. The molecule has 0 aliphatic carbocycles. The fourth-order valence-electron chi connectivity index (χ4n) is 2.43. The largest absolute Gasteiger partial charge is 0.334 e. The van der Waals surface area contributed by atoms with Crippen molar-refractivity contribution in [3.8, 4) is 0 Å². The van der Waals surface area contributed by atoms with E-state index >= 15 is 0 Å². The molecular weight excluding hydrogens is 312 g/mol. The summed E-state index contributed by atoms with van der Waals surface area (Å²) in [5, 5.41) is 8.13. The maximum Gasteiger partial charge on any atom is 0.275 e. The second-order valence-electron chi connectivity index (χ2n) is 5.34. The van der Waals surface area contributed by atoms with Crippen LogP contribution in [0.1, 0.15) is 21.2 Å². The first-order chi connectivity index (χ1) is 11.0. The third-order valence-corrected chi connectivity index (χ3v) is 4.39. The summed E-state index contributed by atoms with van der Waals surface area (Å²) in [5.74, 6) is -0.234. The number of benzene rings is 1. The Bertz CT molecular complexity index is 945. The van der Waals surface area contributed by atoms with Crippen LogP contribution in [0.5, 0.6) is 0 Å². The predicted octanol–water partition coefficient (Wildman–Crippen LogP) is 1.97. The van der Waals surface area contributed by atoms with Gasteiger partial charge in [0.05, 0.1) is 22.6 Å². The molecule has 1 amide bonds. The van der Waals surface area contributed by atoms with Gasteiger partial charge in [0.25, 0.3) is 11.5 Å². The first kappa shape index (κ1) is 15.4. The van der Waals surface area contributed by atoms with Gasteiger partial charge in [0.1, 0.15) is 0 Å². The molecule has 0 atom stereocenters. The number of thiazole rings is 1. The van der Waals surface area contributed by atoms with E-state index in [1.165, 1.54) is 4.68 Å². The minimum absolute atomic E-state index is 0.213. The van der Waals surface area contributed by atoms with Gasteiger partial charge in [-0.1, -0.05) is 18.2 Å². The van der Waals surface area contributed by atoms with Gasteiger partial charge in [-0.05, 0) is 13.0 Å². The average molecular weight is 328 g/mol. The van der Waals surface area contributed by atoms with E-state index < -0.39 is 0 Å². The summed E-state index contributed by atoms with van der Waals surface area (Å²) >= 11 is 1.55. The summed E-state index contributed by atoms with van der Waals surface area (Å²) in [7, 11) is 3.26. The quantitative estimate of drug-likeness (QED) is 0.737. The molecule has 1 aromatic carbocycles. The highest BCUT2D eigenvalue weighted by molar-refractivity contribution is 7.09. The SMILES string of the molecule is Cc1nc(CN(C)C(=O)c2nn(C)c(=O)c3ccccc23)cs1. The van der Waals surface area contributed by atoms with E-state index in [1.807, 2.05) is 12.3 Å². The third kappa shape index (κ3) is 2.87. The molecule has 23 heavy (non-hydrogen) atoms. The van der Waals surface area contributed by atoms with Crippen LogP contribution in [0.3, 0.4) is 0 Å². The van der Waals surface area contributed by atoms with Gasteiger partial charge in [0.15, 0.2) is 5.69 Å². The summed E-state index contributed by atoms with van der Waals surface area (Å²) in [6.45, 7) is 2.33. The predicted molar refractivity (Wildman–Crippen MR) is 89.6 cm³/mol. The Balaban J connectivity index is 2.00. The monoisotopic (exact) mass is 328 g/mol. The number of hydrogen-bond acceptors (Lipinski definition) is 5. The van der Waals surface area contributed by atoms with Crippen molar-refractivity contribution in [3.63, 3.8) is 0 Å². The maximum absolute atomic E-state index is 12.8. The van der Waals surface area contributed by atoms with Gasteiger partial charge < -0.3 is 4.90 Å². The minimum atomic E-state index is -0.234. The molecule has 0 saturated carbocycles. The van der Waals surface area contributed by atoms with Crippen molar-refractivity contribution >= 4 is 28.0 Å². The van der Waals surface area contributed by atoms with Gasteiger partial charge in [0.2, 0.25) is 0 Å². The third-order valence-electron chi connectivity index (χ3n) is 3.57. The molecule has 0 radical (unpaired) electrons. The number of hydrogen-bond donors (Lipinski definition) is 0.